The fraction of sp³-hybridized carbons (Fsp3) is 0.571. The van der Waals surface area contributed by atoms with Crippen molar-refractivity contribution >= 4 is 5.97 Å². The summed E-state index contributed by atoms with van der Waals surface area (Å²) >= 11 is 0. The molecule has 1 atom stereocenters. The van der Waals surface area contributed by atoms with E-state index in [9.17, 15) is 4.79 Å². The first-order valence-corrected chi connectivity index (χ1v) is 6.52. The summed E-state index contributed by atoms with van der Waals surface area (Å²) in [6.45, 7) is 3.89. The number of likely N-dealkylation sites (tertiary alicyclic amines) is 1. The number of rotatable bonds is 4. The van der Waals surface area contributed by atoms with Gasteiger partial charge < -0.3 is 5.11 Å². The van der Waals surface area contributed by atoms with Crippen LogP contribution < -0.4 is 0 Å². The van der Waals surface area contributed by atoms with E-state index in [4.69, 9.17) is 5.11 Å². The lowest BCUT2D eigenvalue weighted by molar-refractivity contribution is -0.138. The van der Waals surface area contributed by atoms with Crippen LogP contribution in [-0.2, 0) is 11.3 Å². The maximum absolute atomic E-state index is 10.9. The molecular weight excluding hydrogens is 228 g/mol. The molecule has 2 heterocycles. The van der Waals surface area contributed by atoms with Gasteiger partial charge in [-0.15, -0.1) is 0 Å². The maximum atomic E-state index is 10.9. The van der Waals surface area contributed by atoms with Crippen molar-refractivity contribution in [2.45, 2.75) is 45.2 Å². The van der Waals surface area contributed by atoms with E-state index in [-0.39, 0.29) is 12.5 Å². The van der Waals surface area contributed by atoms with Crippen LogP contribution >= 0.6 is 0 Å². The molecule has 0 aromatic carbocycles. The molecule has 1 fully saturated rings. The van der Waals surface area contributed by atoms with Gasteiger partial charge in [0.15, 0.2) is 0 Å². The Morgan fingerprint density at radius 2 is 2.39 bits per heavy atom. The van der Waals surface area contributed by atoms with Gasteiger partial charge in [-0.05, 0) is 43.5 Å². The molecule has 4 nitrogen and oxygen atoms in total. The number of aryl methyl sites for hydroxylation is 1. The molecule has 1 aromatic heterocycles. The van der Waals surface area contributed by atoms with Crippen LogP contribution in [0, 0.1) is 6.92 Å². The number of aliphatic carboxylic acids is 1. The van der Waals surface area contributed by atoms with Gasteiger partial charge in [-0.25, -0.2) is 0 Å². The van der Waals surface area contributed by atoms with E-state index in [2.05, 4.69) is 16.8 Å². The highest BCUT2D eigenvalue weighted by atomic mass is 16.4. The molecule has 0 aliphatic carbocycles. The maximum Gasteiger partial charge on any atom is 0.304 e. The molecule has 1 aliphatic rings. The van der Waals surface area contributed by atoms with Gasteiger partial charge in [-0.2, -0.15) is 0 Å². The quantitative estimate of drug-likeness (QED) is 0.887. The summed E-state index contributed by atoms with van der Waals surface area (Å²) in [5.41, 5.74) is 2.43. The molecule has 0 radical (unpaired) electrons. The number of nitrogens with zero attached hydrogens (tertiary/aromatic N) is 2. The molecule has 1 unspecified atom stereocenters. The number of pyridine rings is 1. The number of hydrogen-bond acceptors (Lipinski definition) is 3. The van der Waals surface area contributed by atoms with Gasteiger partial charge in [0.1, 0.15) is 0 Å². The Morgan fingerprint density at radius 3 is 3.11 bits per heavy atom. The van der Waals surface area contributed by atoms with Crippen LogP contribution in [0.2, 0.25) is 0 Å². The van der Waals surface area contributed by atoms with Crippen LogP contribution in [0.15, 0.2) is 18.5 Å². The van der Waals surface area contributed by atoms with E-state index in [1.807, 2.05) is 12.3 Å². The lowest BCUT2D eigenvalue weighted by Crippen LogP contribution is -2.40. The van der Waals surface area contributed by atoms with Gasteiger partial charge in [0, 0.05) is 25.0 Å². The summed E-state index contributed by atoms with van der Waals surface area (Å²) in [6.07, 6.45) is 7.23. The third-order valence-electron chi connectivity index (χ3n) is 3.68. The van der Waals surface area contributed by atoms with Crippen molar-refractivity contribution in [3.63, 3.8) is 0 Å². The molecule has 0 saturated carbocycles. The van der Waals surface area contributed by atoms with Crippen LogP contribution in [0.25, 0.3) is 0 Å². The van der Waals surface area contributed by atoms with E-state index < -0.39 is 5.97 Å². The summed E-state index contributed by atoms with van der Waals surface area (Å²) < 4.78 is 0. The van der Waals surface area contributed by atoms with Crippen molar-refractivity contribution in [3.8, 4) is 0 Å². The third kappa shape index (κ3) is 3.29. The lowest BCUT2D eigenvalue weighted by Gasteiger charge is -2.35. The third-order valence-corrected chi connectivity index (χ3v) is 3.68. The van der Waals surface area contributed by atoms with Crippen molar-refractivity contribution in [1.29, 1.82) is 0 Å². The number of hydrogen-bond donors (Lipinski definition) is 1. The Hall–Kier alpha value is -1.42. The van der Waals surface area contributed by atoms with E-state index in [1.54, 1.807) is 6.20 Å². The van der Waals surface area contributed by atoms with Crippen LogP contribution in [0.5, 0.6) is 0 Å². The van der Waals surface area contributed by atoms with E-state index in [1.165, 1.54) is 11.1 Å². The predicted octanol–water partition coefficient (Wildman–Crippen LogP) is 2.22. The predicted molar refractivity (Wildman–Crippen MR) is 69.3 cm³/mol. The fourth-order valence-electron chi connectivity index (χ4n) is 2.58. The zero-order valence-corrected chi connectivity index (χ0v) is 10.8. The molecule has 0 bridgehead atoms. The lowest BCUT2D eigenvalue weighted by atomic mass is 9.98. The molecule has 98 valence electrons. The van der Waals surface area contributed by atoms with Gasteiger partial charge in [0.05, 0.1) is 6.42 Å². The van der Waals surface area contributed by atoms with Crippen molar-refractivity contribution < 1.29 is 9.90 Å². The summed E-state index contributed by atoms with van der Waals surface area (Å²) in [6, 6.07) is 2.18. The number of carboxylic acids is 1. The average Bonchev–Trinajstić information content (AvgIpc) is 2.34. The highest BCUT2D eigenvalue weighted by Gasteiger charge is 2.24. The summed E-state index contributed by atoms with van der Waals surface area (Å²) in [7, 11) is 0. The van der Waals surface area contributed by atoms with Crippen molar-refractivity contribution in [3.05, 3.63) is 29.6 Å². The second kappa shape index (κ2) is 5.96. The van der Waals surface area contributed by atoms with Gasteiger partial charge >= 0.3 is 5.97 Å². The number of carbonyl (C=O) groups is 1. The van der Waals surface area contributed by atoms with Crippen molar-refractivity contribution in [2.24, 2.45) is 0 Å². The normalized spacial score (nSPS) is 20.8. The molecule has 18 heavy (non-hydrogen) atoms. The summed E-state index contributed by atoms with van der Waals surface area (Å²) in [5.74, 6) is -0.699. The van der Waals surface area contributed by atoms with E-state index in [0.717, 1.165) is 32.4 Å². The Balaban J connectivity index is 2.05. The Bertz CT molecular complexity index is 420. The second-order valence-electron chi connectivity index (χ2n) is 5.02. The topological polar surface area (TPSA) is 53.4 Å². The minimum absolute atomic E-state index is 0.177. The summed E-state index contributed by atoms with van der Waals surface area (Å²) in [5, 5.41) is 8.97. The zero-order valence-electron chi connectivity index (χ0n) is 10.8. The Morgan fingerprint density at radius 1 is 1.56 bits per heavy atom. The molecule has 2 rings (SSSR count). The van der Waals surface area contributed by atoms with E-state index >= 15 is 0 Å². The molecule has 1 aromatic rings. The summed E-state index contributed by atoms with van der Waals surface area (Å²) in [4.78, 5) is 17.3. The smallest absolute Gasteiger partial charge is 0.304 e. The first-order valence-electron chi connectivity index (χ1n) is 6.52. The molecule has 0 spiro atoms. The van der Waals surface area contributed by atoms with Crippen LogP contribution in [0.1, 0.15) is 36.8 Å². The molecule has 1 aliphatic heterocycles. The second-order valence-corrected chi connectivity index (χ2v) is 5.02. The monoisotopic (exact) mass is 248 g/mol. The first kappa shape index (κ1) is 13.0. The van der Waals surface area contributed by atoms with Gasteiger partial charge in [-0.3, -0.25) is 14.7 Å². The zero-order chi connectivity index (χ0) is 13.0. The van der Waals surface area contributed by atoms with Gasteiger partial charge in [-0.1, -0.05) is 6.42 Å². The number of piperidine rings is 1. The molecule has 1 saturated heterocycles. The van der Waals surface area contributed by atoms with Crippen molar-refractivity contribution in [1.82, 2.24) is 9.88 Å². The largest absolute Gasteiger partial charge is 0.481 e. The number of aromatic nitrogens is 1. The van der Waals surface area contributed by atoms with Gasteiger partial charge in [0.25, 0.3) is 0 Å². The molecular formula is C14H20N2O2. The average molecular weight is 248 g/mol. The van der Waals surface area contributed by atoms with E-state index in [0.29, 0.717) is 0 Å². The van der Waals surface area contributed by atoms with Crippen molar-refractivity contribution in [2.75, 3.05) is 6.54 Å². The van der Waals surface area contributed by atoms with Gasteiger partial charge in [0.2, 0.25) is 0 Å². The first-order chi connectivity index (χ1) is 8.66. The van der Waals surface area contributed by atoms with Crippen LogP contribution in [-0.4, -0.2) is 33.5 Å². The minimum atomic E-state index is -0.699. The SMILES string of the molecule is Cc1ccncc1CN1CCCCC1CC(=O)O. The number of carboxylic acid groups (broad SMARTS) is 1. The van der Waals surface area contributed by atoms with Crippen LogP contribution in [0.4, 0.5) is 0 Å². The highest BCUT2D eigenvalue weighted by molar-refractivity contribution is 5.67. The molecule has 0 amide bonds. The standard InChI is InChI=1S/C14H20N2O2/c1-11-5-6-15-9-12(11)10-16-7-3-2-4-13(16)8-14(17)18/h5-6,9,13H,2-4,7-8,10H2,1H3,(H,17,18). The Kier molecular flexibility index (Phi) is 4.31. The highest BCUT2D eigenvalue weighted by Crippen LogP contribution is 2.22. The Labute approximate surface area is 108 Å². The molecule has 1 N–H and O–H groups in total. The molecule has 4 heteroatoms. The van der Waals surface area contributed by atoms with Crippen LogP contribution in [0.3, 0.4) is 0 Å². The fourth-order valence-corrected chi connectivity index (χ4v) is 2.58. The minimum Gasteiger partial charge on any atom is -0.481 e.